The van der Waals surface area contributed by atoms with E-state index in [0.29, 0.717) is 5.69 Å². The van der Waals surface area contributed by atoms with Crippen molar-refractivity contribution >= 4 is 38.8 Å². The predicted octanol–water partition coefficient (Wildman–Crippen LogP) is 4.87. The van der Waals surface area contributed by atoms with Gasteiger partial charge in [0.05, 0.1) is 34.5 Å². The minimum Gasteiger partial charge on any atom is -0.397 e. The number of hydrogen-bond donors (Lipinski definition) is 3. The molecule has 30 heavy (non-hydrogen) atoms. The Morgan fingerprint density at radius 3 is 2.67 bits per heavy atom. The number of nitrogens with one attached hydrogen (secondary N) is 2. The molecule has 0 bridgehead atoms. The first kappa shape index (κ1) is 16.9. The summed E-state index contributed by atoms with van der Waals surface area (Å²) in [5.41, 5.74) is 13.9. The monoisotopic (exact) mass is 409 g/mol. The highest BCUT2D eigenvalue weighted by molar-refractivity contribution is 7.08. The molecule has 6 aromatic rings. The molecule has 0 radical (unpaired) electrons. The zero-order valence-corrected chi connectivity index (χ0v) is 16.4. The third-order valence-corrected chi connectivity index (χ3v) is 5.78. The Morgan fingerprint density at radius 1 is 0.867 bits per heavy atom. The van der Waals surface area contributed by atoms with E-state index in [9.17, 15) is 0 Å². The fourth-order valence-electron chi connectivity index (χ4n) is 3.69. The number of nitrogens with two attached hydrogens (primary N) is 1. The lowest BCUT2D eigenvalue weighted by Crippen LogP contribution is -1.89. The second-order valence-corrected chi connectivity index (χ2v) is 7.79. The van der Waals surface area contributed by atoms with Gasteiger partial charge >= 0.3 is 0 Å². The zero-order chi connectivity index (χ0) is 20.1. The quantitative estimate of drug-likeness (QED) is 0.386. The van der Waals surface area contributed by atoms with Gasteiger partial charge in [-0.2, -0.15) is 16.4 Å². The van der Waals surface area contributed by atoms with Crippen LogP contribution in [0.15, 0.2) is 65.9 Å². The minimum atomic E-state index is 0.603. The van der Waals surface area contributed by atoms with E-state index in [0.717, 1.165) is 55.7 Å². The molecular formula is C22H15N7S. The first-order chi connectivity index (χ1) is 14.8. The maximum atomic E-state index is 5.89. The summed E-state index contributed by atoms with van der Waals surface area (Å²) in [5.74, 6) is 0. The molecule has 6 aromatic heterocycles. The van der Waals surface area contributed by atoms with Crippen LogP contribution in [0.3, 0.4) is 0 Å². The number of nitrogen functional groups attached to an aromatic ring is 1. The molecule has 0 aliphatic heterocycles. The van der Waals surface area contributed by atoms with Gasteiger partial charge in [0.2, 0.25) is 0 Å². The lowest BCUT2D eigenvalue weighted by molar-refractivity contribution is 1.11. The number of fused-ring (bicyclic) bond motifs is 2. The van der Waals surface area contributed by atoms with Crippen molar-refractivity contribution in [2.75, 3.05) is 5.73 Å². The van der Waals surface area contributed by atoms with Gasteiger partial charge in [-0.25, -0.2) is 0 Å². The smallest absolute Gasteiger partial charge is 0.116 e. The highest BCUT2D eigenvalue weighted by atomic mass is 32.1. The summed E-state index contributed by atoms with van der Waals surface area (Å²) in [6.45, 7) is 0. The maximum absolute atomic E-state index is 5.89. The van der Waals surface area contributed by atoms with E-state index >= 15 is 0 Å². The standard InChI is InChI=1S/C22H15N7S/c23-14-5-13(8-24-9-14)18-6-16-20(10-26-18)28-29-22(16)19-7-15-17(27-19)1-3-25-21(15)12-2-4-30-11-12/h1-11,27H,23H2,(H,28,29). The number of pyridine rings is 3. The Labute approximate surface area is 174 Å². The fourth-order valence-corrected chi connectivity index (χ4v) is 4.33. The summed E-state index contributed by atoms with van der Waals surface area (Å²) >= 11 is 1.66. The van der Waals surface area contributed by atoms with Crippen LogP contribution in [0.2, 0.25) is 0 Å². The molecule has 8 heteroatoms. The van der Waals surface area contributed by atoms with E-state index in [1.165, 1.54) is 0 Å². The van der Waals surface area contributed by atoms with Crippen LogP contribution in [0.1, 0.15) is 0 Å². The van der Waals surface area contributed by atoms with Gasteiger partial charge in [-0.3, -0.25) is 20.1 Å². The lowest BCUT2D eigenvalue weighted by atomic mass is 10.1. The molecule has 0 unspecified atom stereocenters. The van der Waals surface area contributed by atoms with Gasteiger partial charge in [0.1, 0.15) is 5.69 Å². The molecule has 0 aliphatic rings. The molecule has 0 amide bonds. The second kappa shape index (κ2) is 6.50. The Bertz CT molecular complexity index is 1510. The van der Waals surface area contributed by atoms with Crippen molar-refractivity contribution in [3.05, 3.63) is 65.9 Å². The van der Waals surface area contributed by atoms with Crippen molar-refractivity contribution in [1.29, 1.82) is 0 Å². The van der Waals surface area contributed by atoms with Crippen LogP contribution in [0, 0.1) is 0 Å². The van der Waals surface area contributed by atoms with E-state index in [4.69, 9.17) is 5.73 Å². The Balaban J connectivity index is 1.52. The number of aromatic nitrogens is 6. The highest BCUT2D eigenvalue weighted by Gasteiger charge is 2.15. The fraction of sp³-hybridized carbons (Fsp3) is 0. The Kier molecular flexibility index (Phi) is 3.65. The molecule has 0 saturated carbocycles. The number of rotatable bonds is 3. The van der Waals surface area contributed by atoms with Crippen LogP contribution in [0.5, 0.6) is 0 Å². The molecule has 0 aliphatic carbocycles. The lowest BCUT2D eigenvalue weighted by Gasteiger charge is -2.02. The summed E-state index contributed by atoms with van der Waals surface area (Å²) in [5, 5.41) is 13.8. The van der Waals surface area contributed by atoms with E-state index in [2.05, 4.69) is 53.0 Å². The first-order valence-corrected chi connectivity index (χ1v) is 10.3. The number of aromatic amines is 2. The first-order valence-electron chi connectivity index (χ1n) is 9.32. The number of nitrogens with zero attached hydrogens (tertiary/aromatic N) is 4. The summed E-state index contributed by atoms with van der Waals surface area (Å²) in [6.07, 6.45) is 6.99. The van der Waals surface area contributed by atoms with Crippen molar-refractivity contribution in [3.63, 3.8) is 0 Å². The van der Waals surface area contributed by atoms with Gasteiger partial charge in [-0.05, 0) is 35.7 Å². The number of anilines is 1. The summed E-state index contributed by atoms with van der Waals surface area (Å²) in [6, 6.07) is 10.0. The van der Waals surface area contributed by atoms with E-state index in [-0.39, 0.29) is 0 Å². The van der Waals surface area contributed by atoms with Gasteiger partial charge in [0, 0.05) is 51.4 Å². The third kappa shape index (κ3) is 2.66. The molecule has 6 heterocycles. The van der Waals surface area contributed by atoms with Crippen LogP contribution in [0.4, 0.5) is 5.69 Å². The highest BCUT2D eigenvalue weighted by Crippen LogP contribution is 2.34. The molecule has 0 aromatic carbocycles. The number of H-pyrrole nitrogens is 2. The molecule has 7 nitrogen and oxygen atoms in total. The Hall–Kier alpha value is -4.04. The van der Waals surface area contributed by atoms with Crippen molar-refractivity contribution in [2.45, 2.75) is 0 Å². The average molecular weight is 409 g/mol. The van der Waals surface area contributed by atoms with Crippen LogP contribution < -0.4 is 5.73 Å². The Morgan fingerprint density at radius 2 is 1.80 bits per heavy atom. The van der Waals surface area contributed by atoms with Gasteiger partial charge < -0.3 is 10.7 Å². The molecular weight excluding hydrogens is 394 g/mol. The van der Waals surface area contributed by atoms with Crippen molar-refractivity contribution in [3.8, 4) is 33.9 Å². The normalized spacial score (nSPS) is 11.5. The molecule has 4 N–H and O–H groups in total. The molecule has 0 spiro atoms. The van der Waals surface area contributed by atoms with Crippen LogP contribution in [-0.4, -0.2) is 30.1 Å². The number of hydrogen-bond acceptors (Lipinski definition) is 6. The van der Waals surface area contributed by atoms with Crippen molar-refractivity contribution in [2.24, 2.45) is 0 Å². The van der Waals surface area contributed by atoms with E-state index < -0.39 is 0 Å². The van der Waals surface area contributed by atoms with Gasteiger partial charge in [0.25, 0.3) is 0 Å². The molecule has 0 fully saturated rings. The predicted molar refractivity (Wildman–Crippen MR) is 120 cm³/mol. The number of thiophene rings is 1. The maximum Gasteiger partial charge on any atom is 0.116 e. The zero-order valence-electron chi connectivity index (χ0n) is 15.6. The van der Waals surface area contributed by atoms with E-state index in [1.54, 1.807) is 29.9 Å². The topological polar surface area (TPSA) is 109 Å². The van der Waals surface area contributed by atoms with Gasteiger partial charge in [-0.15, -0.1) is 0 Å². The molecule has 6 rings (SSSR count). The van der Waals surface area contributed by atoms with Crippen molar-refractivity contribution in [1.82, 2.24) is 30.1 Å². The summed E-state index contributed by atoms with van der Waals surface area (Å²) < 4.78 is 0. The minimum absolute atomic E-state index is 0.603. The second-order valence-electron chi connectivity index (χ2n) is 7.01. The largest absolute Gasteiger partial charge is 0.397 e. The third-order valence-electron chi connectivity index (χ3n) is 5.10. The van der Waals surface area contributed by atoms with Crippen LogP contribution in [-0.2, 0) is 0 Å². The molecule has 144 valence electrons. The average Bonchev–Trinajstić information content (AvgIpc) is 3.51. The molecule has 0 saturated heterocycles. The van der Waals surface area contributed by atoms with Gasteiger partial charge in [0.15, 0.2) is 0 Å². The van der Waals surface area contributed by atoms with Crippen LogP contribution in [0.25, 0.3) is 55.7 Å². The SMILES string of the molecule is Nc1cncc(-c2cc3c(-c4cc5c(-c6ccsc6)nccc5[nH]4)n[nH]c3cn2)c1. The van der Waals surface area contributed by atoms with Crippen LogP contribution >= 0.6 is 11.3 Å². The summed E-state index contributed by atoms with van der Waals surface area (Å²) in [4.78, 5) is 16.8. The summed E-state index contributed by atoms with van der Waals surface area (Å²) in [7, 11) is 0. The van der Waals surface area contributed by atoms with Crippen molar-refractivity contribution < 1.29 is 0 Å². The van der Waals surface area contributed by atoms with E-state index in [1.807, 2.05) is 24.4 Å². The molecule has 0 atom stereocenters. The van der Waals surface area contributed by atoms with Gasteiger partial charge in [-0.1, -0.05) is 0 Å².